The topological polar surface area (TPSA) is 69.6 Å². The Balaban J connectivity index is 3.04. The average Bonchev–Trinajstić information content (AvgIpc) is 2.05. The highest BCUT2D eigenvalue weighted by atomic mass is 32.2. The molecule has 0 fully saturated rings. The molecule has 0 aliphatic heterocycles. The molecule has 0 amide bonds. The van der Waals surface area contributed by atoms with Crippen LogP contribution >= 0.6 is 0 Å². The fraction of sp³-hybridized carbons (Fsp3) is 0.333. The number of hydrogen-bond donors (Lipinski definition) is 2. The maximum Gasteiger partial charge on any atom is 0.357 e. The lowest BCUT2D eigenvalue weighted by atomic mass is 10.2. The van der Waals surface area contributed by atoms with Crippen molar-refractivity contribution in [3.05, 3.63) is 23.8 Å². The van der Waals surface area contributed by atoms with Crippen molar-refractivity contribution in [2.75, 3.05) is 23.7 Å². The zero-order valence-electron chi connectivity index (χ0n) is 8.85. The largest absolute Gasteiger partial charge is 0.378 e. The van der Waals surface area contributed by atoms with Gasteiger partial charge in [0.1, 0.15) is 0 Å². The summed E-state index contributed by atoms with van der Waals surface area (Å²) in [6.45, 7) is 1.76. The molecule has 1 aromatic rings. The summed E-state index contributed by atoms with van der Waals surface area (Å²) in [5, 5.41) is 0. The maximum atomic E-state index is 10.6. The highest BCUT2D eigenvalue weighted by molar-refractivity contribution is 7.87. The van der Waals surface area contributed by atoms with Gasteiger partial charge in [-0.15, -0.1) is 0 Å². The van der Waals surface area contributed by atoms with E-state index in [9.17, 15) is 8.42 Å². The predicted molar refractivity (Wildman–Crippen MR) is 60.7 cm³/mol. The van der Waals surface area contributed by atoms with Crippen LogP contribution in [0, 0.1) is 6.92 Å². The van der Waals surface area contributed by atoms with E-state index in [2.05, 4.69) is 0 Å². The Hall–Kier alpha value is -1.27. The van der Waals surface area contributed by atoms with E-state index in [1.54, 1.807) is 19.1 Å². The second-order valence-corrected chi connectivity index (χ2v) is 4.63. The summed E-state index contributed by atoms with van der Waals surface area (Å²) in [7, 11) is -0.409. The minimum Gasteiger partial charge on any atom is -0.378 e. The summed E-state index contributed by atoms with van der Waals surface area (Å²) in [5.41, 5.74) is 2.09. The number of nitrogens with one attached hydrogen (secondary N) is 1. The molecule has 2 N–H and O–H groups in total. The van der Waals surface area contributed by atoms with Crippen molar-refractivity contribution in [3.8, 4) is 0 Å². The first-order valence-corrected chi connectivity index (χ1v) is 5.77. The van der Waals surface area contributed by atoms with E-state index in [-0.39, 0.29) is 0 Å². The molecule has 84 valence electrons. The van der Waals surface area contributed by atoms with Crippen LogP contribution in [0.4, 0.5) is 11.4 Å². The first-order chi connectivity index (χ1) is 6.79. The summed E-state index contributed by atoms with van der Waals surface area (Å²) in [5.74, 6) is 0. The molecule has 0 saturated heterocycles. The Kier molecular flexibility index (Phi) is 3.21. The highest BCUT2D eigenvalue weighted by Crippen LogP contribution is 2.21. The summed E-state index contributed by atoms with van der Waals surface area (Å²) >= 11 is 0. The molecular formula is C9H14N2O3S. The van der Waals surface area contributed by atoms with Crippen LogP contribution in [0.15, 0.2) is 18.2 Å². The van der Waals surface area contributed by atoms with Crippen molar-refractivity contribution in [1.82, 2.24) is 0 Å². The van der Waals surface area contributed by atoms with E-state index >= 15 is 0 Å². The van der Waals surface area contributed by atoms with Gasteiger partial charge < -0.3 is 4.90 Å². The summed E-state index contributed by atoms with van der Waals surface area (Å²) in [4.78, 5) is 1.91. The van der Waals surface area contributed by atoms with Crippen LogP contribution in [0.5, 0.6) is 0 Å². The van der Waals surface area contributed by atoms with Crippen molar-refractivity contribution in [2.45, 2.75) is 6.92 Å². The maximum absolute atomic E-state index is 10.6. The summed E-state index contributed by atoms with van der Waals surface area (Å²) in [6, 6.07) is 5.20. The Morgan fingerprint density at radius 2 is 1.93 bits per heavy atom. The molecule has 1 aromatic carbocycles. The van der Waals surface area contributed by atoms with Gasteiger partial charge in [0.05, 0.1) is 5.69 Å². The first-order valence-electron chi connectivity index (χ1n) is 4.33. The second kappa shape index (κ2) is 4.08. The second-order valence-electron chi connectivity index (χ2n) is 3.47. The Bertz CT molecular complexity index is 454. The van der Waals surface area contributed by atoms with Gasteiger partial charge in [0.2, 0.25) is 0 Å². The van der Waals surface area contributed by atoms with Crippen LogP contribution in [0.2, 0.25) is 0 Å². The molecule has 0 saturated carbocycles. The van der Waals surface area contributed by atoms with Crippen molar-refractivity contribution in [3.63, 3.8) is 0 Å². The van der Waals surface area contributed by atoms with Gasteiger partial charge in [0, 0.05) is 19.8 Å². The van der Waals surface area contributed by atoms with Gasteiger partial charge in [-0.05, 0) is 30.7 Å². The number of hydrogen-bond acceptors (Lipinski definition) is 3. The average molecular weight is 230 g/mol. The fourth-order valence-electron chi connectivity index (χ4n) is 1.18. The number of anilines is 2. The van der Waals surface area contributed by atoms with E-state index in [0.29, 0.717) is 5.69 Å². The molecule has 0 spiro atoms. The van der Waals surface area contributed by atoms with Crippen molar-refractivity contribution in [2.24, 2.45) is 0 Å². The van der Waals surface area contributed by atoms with Gasteiger partial charge in [0.25, 0.3) is 0 Å². The molecule has 0 atom stereocenters. The zero-order chi connectivity index (χ0) is 11.6. The monoisotopic (exact) mass is 230 g/mol. The van der Waals surface area contributed by atoms with E-state index in [4.69, 9.17) is 4.55 Å². The van der Waals surface area contributed by atoms with Gasteiger partial charge in [-0.3, -0.25) is 9.27 Å². The predicted octanol–water partition coefficient (Wildman–Crippen LogP) is 1.28. The number of aryl methyl sites for hydroxylation is 1. The van der Waals surface area contributed by atoms with Crippen molar-refractivity contribution < 1.29 is 13.0 Å². The first kappa shape index (κ1) is 11.8. The molecule has 1 rings (SSSR count). The van der Waals surface area contributed by atoms with Gasteiger partial charge in [-0.1, -0.05) is 0 Å². The van der Waals surface area contributed by atoms with Crippen molar-refractivity contribution in [1.29, 1.82) is 0 Å². The molecule has 0 unspecified atom stereocenters. The number of rotatable bonds is 3. The molecule has 0 bridgehead atoms. The summed E-state index contributed by atoms with van der Waals surface area (Å²) in [6.07, 6.45) is 0. The summed E-state index contributed by atoms with van der Waals surface area (Å²) < 4.78 is 31.9. The minimum absolute atomic E-state index is 0.378. The third-order valence-electron chi connectivity index (χ3n) is 1.97. The number of nitrogens with zero attached hydrogens (tertiary/aromatic N) is 1. The Morgan fingerprint density at radius 1 is 1.33 bits per heavy atom. The van der Waals surface area contributed by atoms with Crippen LogP contribution < -0.4 is 9.62 Å². The molecule has 0 aromatic heterocycles. The SMILES string of the molecule is Cc1cc(N(C)C)ccc1NS(=O)(=O)O. The molecule has 6 heteroatoms. The minimum atomic E-state index is -4.20. The third-order valence-corrected chi connectivity index (χ3v) is 2.44. The highest BCUT2D eigenvalue weighted by Gasteiger charge is 2.07. The molecule has 0 aliphatic carbocycles. The lowest BCUT2D eigenvalue weighted by molar-refractivity contribution is 0.489. The standard InChI is InChI=1S/C9H14N2O3S/c1-7-6-8(11(2)3)4-5-9(7)10-15(12,13)14/h4-6,10H,1-3H3,(H,12,13,14). The molecule has 5 nitrogen and oxygen atoms in total. The zero-order valence-corrected chi connectivity index (χ0v) is 9.67. The van der Waals surface area contributed by atoms with Gasteiger partial charge in [0.15, 0.2) is 0 Å². The Morgan fingerprint density at radius 3 is 2.33 bits per heavy atom. The van der Waals surface area contributed by atoms with Gasteiger partial charge >= 0.3 is 10.3 Å². The smallest absolute Gasteiger partial charge is 0.357 e. The third kappa shape index (κ3) is 3.41. The quantitative estimate of drug-likeness (QED) is 0.767. The van der Waals surface area contributed by atoms with Crippen LogP contribution in [0.25, 0.3) is 0 Å². The van der Waals surface area contributed by atoms with E-state index in [1.165, 1.54) is 0 Å². The molecule has 15 heavy (non-hydrogen) atoms. The lowest BCUT2D eigenvalue weighted by Gasteiger charge is -2.14. The van der Waals surface area contributed by atoms with Crippen LogP contribution in [0.1, 0.15) is 5.56 Å². The van der Waals surface area contributed by atoms with E-state index in [0.717, 1.165) is 11.3 Å². The van der Waals surface area contributed by atoms with Crippen LogP contribution in [-0.2, 0) is 10.3 Å². The fourth-order valence-corrected chi connectivity index (χ4v) is 1.69. The van der Waals surface area contributed by atoms with Crippen LogP contribution in [-0.4, -0.2) is 27.1 Å². The molecule has 0 radical (unpaired) electrons. The van der Waals surface area contributed by atoms with E-state index in [1.807, 2.05) is 29.8 Å². The lowest BCUT2D eigenvalue weighted by Crippen LogP contribution is -2.12. The van der Waals surface area contributed by atoms with Gasteiger partial charge in [-0.2, -0.15) is 8.42 Å². The molecular weight excluding hydrogens is 216 g/mol. The van der Waals surface area contributed by atoms with E-state index < -0.39 is 10.3 Å². The molecule has 0 heterocycles. The van der Waals surface area contributed by atoms with Gasteiger partial charge in [-0.25, -0.2) is 0 Å². The number of benzene rings is 1. The molecule has 0 aliphatic rings. The van der Waals surface area contributed by atoms with Crippen molar-refractivity contribution >= 4 is 21.7 Å². The normalized spacial score (nSPS) is 11.2. The Labute approximate surface area is 89.6 Å². The van der Waals surface area contributed by atoms with Crippen LogP contribution in [0.3, 0.4) is 0 Å².